The van der Waals surface area contributed by atoms with Crippen LogP contribution in [-0.2, 0) is 4.74 Å². The summed E-state index contributed by atoms with van der Waals surface area (Å²) in [5, 5.41) is 3.36. The van der Waals surface area contributed by atoms with Crippen molar-refractivity contribution in [1.29, 1.82) is 0 Å². The molecule has 2 aromatic rings. The maximum Gasteiger partial charge on any atom is 0.0587 e. The Kier molecular flexibility index (Phi) is 6.64. The highest BCUT2D eigenvalue weighted by Crippen LogP contribution is 2.30. The van der Waals surface area contributed by atoms with Crippen LogP contribution in [0.15, 0.2) is 46.4 Å². The van der Waals surface area contributed by atoms with Crippen molar-refractivity contribution in [2.45, 2.75) is 6.92 Å². The van der Waals surface area contributed by atoms with Crippen LogP contribution in [0.25, 0.3) is 16.5 Å². The van der Waals surface area contributed by atoms with Gasteiger partial charge in [0.15, 0.2) is 0 Å². The first kappa shape index (κ1) is 16.4. The molecule has 1 aromatic heterocycles. The van der Waals surface area contributed by atoms with E-state index in [0.717, 1.165) is 24.2 Å². The Balaban J connectivity index is 1.99. The van der Waals surface area contributed by atoms with Gasteiger partial charge in [-0.2, -0.15) is 0 Å². The van der Waals surface area contributed by atoms with Crippen LogP contribution in [0.4, 0.5) is 0 Å². The summed E-state index contributed by atoms with van der Waals surface area (Å²) in [5.41, 5.74) is 2.58. The minimum Gasteiger partial charge on any atom is -0.383 e. The largest absolute Gasteiger partial charge is 0.383 e. The second-order valence-corrected chi connectivity index (χ2v) is 6.90. The molecule has 1 heterocycles. The molecule has 0 saturated carbocycles. The topological polar surface area (TPSA) is 21.3 Å². The second kappa shape index (κ2) is 8.49. The van der Waals surface area contributed by atoms with E-state index in [2.05, 4.69) is 64.6 Å². The number of ether oxygens (including phenoxy) is 1. The Hall–Kier alpha value is -0.940. The van der Waals surface area contributed by atoms with Crippen molar-refractivity contribution in [2.24, 2.45) is 0 Å². The Morgan fingerprint density at radius 2 is 2.19 bits per heavy atom. The minimum atomic E-state index is 0.749. The third kappa shape index (κ3) is 5.40. The number of nitrogens with one attached hydrogen (secondary N) is 1. The molecule has 4 heteroatoms. The standard InChI is InChI=1S/C17H20BrNOS/c1-13(12-19-8-9-20-2)10-16-6-7-17(21-16)14-4-3-5-15(18)11-14/h3-7,10-11,19H,8-9,12H2,1-2H3. The van der Waals surface area contributed by atoms with Gasteiger partial charge < -0.3 is 10.1 Å². The van der Waals surface area contributed by atoms with E-state index < -0.39 is 0 Å². The van der Waals surface area contributed by atoms with E-state index in [0.29, 0.717) is 0 Å². The van der Waals surface area contributed by atoms with E-state index >= 15 is 0 Å². The maximum atomic E-state index is 5.02. The Labute approximate surface area is 139 Å². The van der Waals surface area contributed by atoms with Gasteiger partial charge in [0.05, 0.1) is 6.61 Å². The summed E-state index contributed by atoms with van der Waals surface area (Å²) in [5.74, 6) is 0. The van der Waals surface area contributed by atoms with Crippen molar-refractivity contribution in [3.63, 3.8) is 0 Å². The van der Waals surface area contributed by atoms with Gasteiger partial charge in [-0.1, -0.05) is 33.6 Å². The highest BCUT2D eigenvalue weighted by Gasteiger charge is 2.02. The monoisotopic (exact) mass is 365 g/mol. The zero-order chi connectivity index (χ0) is 15.1. The zero-order valence-corrected chi connectivity index (χ0v) is 14.8. The van der Waals surface area contributed by atoms with Crippen LogP contribution in [0.3, 0.4) is 0 Å². The van der Waals surface area contributed by atoms with Crippen molar-refractivity contribution < 1.29 is 4.74 Å². The first-order valence-corrected chi connectivity index (χ1v) is 8.52. The lowest BCUT2D eigenvalue weighted by Crippen LogP contribution is -2.20. The summed E-state index contributed by atoms with van der Waals surface area (Å²) in [7, 11) is 1.72. The summed E-state index contributed by atoms with van der Waals surface area (Å²) >= 11 is 5.34. The molecule has 1 aromatic carbocycles. The van der Waals surface area contributed by atoms with Gasteiger partial charge in [-0.25, -0.2) is 0 Å². The van der Waals surface area contributed by atoms with Crippen LogP contribution in [0, 0.1) is 0 Å². The number of halogens is 1. The molecule has 0 unspecified atom stereocenters. The van der Waals surface area contributed by atoms with Crippen molar-refractivity contribution in [2.75, 3.05) is 26.8 Å². The van der Waals surface area contributed by atoms with Crippen LogP contribution in [0.5, 0.6) is 0 Å². The number of methoxy groups -OCH3 is 1. The van der Waals surface area contributed by atoms with Gasteiger partial charge in [-0.3, -0.25) is 0 Å². The van der Waals surface area contributed by atoms with Crippen LogP contribution in [0.1, 0.15) is 11.8 Å². The van der Waals surface area contributed by atoms with Crippen LogP contribution in [0.2, 0.25) is 0 Å². The average molecular weight is 366 g/mol. The highest BCUT2D eigenvalue weighted by molar-refractivity contribution is 9.10. The molecular weight excluding hydrogens is 346 g/mol. The fourth-order valence-corrected chi connectivity index (χ4v) is 3.41. The first-order valence-electron chi connectivity index (χ1n) is 6.91. The molecule has 112 valence electrons. The summed E-state index contributed by atoms with van der Waals surface area (Å²) in [6.45, 7) is 4.68. The van der Waals surface area contributed by atoms with Crippen LogP contribution >= 0.6 is 27.3 Å². The lowest BCUT2D eigenvalue weighted by molar-refractivity contribution is 0.200. The van der Waals surface area contributed by atoms with E-state index in [9.17, 15) is 0 Å². The quantitative estimate of drug-likeness (QED) is 0.710. The SMILES string of the molecule is COCCNCC(C)=Cc1ccc(-c2cccc(Br)c2)s1. The van der Waals surface area contributed by atoms with Crippen molar-refractivity contribution in [1.82, 2.24) is 5.32 Å². The maximum absolute atomic E-state index is 5.02. The molecule has 21 heavy (non-hydrogen) atoms. The van der Waals surface area contributed by atoms with Crippen LogP contribution < -0.4 is 5.32 Å². The van der Waals surface area contributed by atoms with Gasteiger partial charge in [0.1, 0.15) is 0 Å². The molecule has 1 N–H and O–H groups in total. The Morgan fingerprint density at radius 3 is 2.95 bits per heavy atom. The smallest absolute Gasteiger partial charge is 0.0587 e. The molecule has 0 aliphatic carbocycles. The molecule has 0 bridgehead atoms. The molecule has 2 rings (SSSR count). The van der Waals surface area contributed by atoms with Gasteiger partial charge in [0.2, 0.25) is 0 Å². The van der Waals surface area contributed by atoms with E-state index in [4.69, 9.17) is 4.74 Å². The lowest BCUT2D eigenvalue weighted by Gasteiger charge is -2.03. The van der Waals surface area contributed by atoms with E-state index in [1.54, 1.807) is 7.11 Å². The molecule has 0 aliphatic rings. The van der Waals surface area contributed by atoms with E-state index in [-0.39, 0.29) is 0 Å². The summed E-state index contributed by atoms with van der Waals surface area (Å²) in [6, 6.07) is 12.8. The fourth-order valence-electron chi connectivity index (χ4n) is 1.98. The molecule has 0 aliphatic heterocycles. The molecule has 0 saturated heterocycles. The lowest BCUT2D eigenvalue weighted by atomic mass is 10.2. The number of rotatable bonds is 7. The van der Waals surface area contributed by atoms with Gasteiger partial charge >= 0.3 is 0 Å². The molecule has 0 atom stereocenters. The molecule has 0 fully saturated rings. The van der Waals surface area contributed by atoms with E-state index in [1.165, 1.54) is 20.9 Å². The summed E-state index contributed by atoms with van der Waals surface area (Å²) in [4.78, 5) is 2.58. The van der Waals surface area contributed by atoms with Gasteiger partial charge in [-0.05, 0) is 42.8 Å². The molecular formula is C17H20BrNOS. The minimum absolute atomic E-state index is 0.749. The second-order valence-electron chi connectivity index (χ2n) is 4.87. The van der Waals surface area contributed by atoms with E-state index in [1.807, 2.05) is 17.4 Å². The number of thiophene rings is 1. The Morgan fingerprint density at radius 1 is 1.33 bits per heavy atom. The van der Waals surface area contributed by atoms with Crippen molar-refractivity contribution in [3.8, 4) is 10.4 Å². The molecule has 0 amide bonds. The Bertz CT molecular complexity index is 606. The third-order valence-electron chi connectivity index (χ3n) is 3.01. The molecule has 2 nitrogen and oxygen atoms in total. The van der Waals surface area contributed by atoms with Crippen molar-refractivity contribution >= 4 is 33.3 Å². The van der Waals surface area contributed by atoms with Crippen LogP contribution in [-0.4, -0.2) is 26.8 Å². The zero-order valence-electron chi connectivity index (χ0n) is 12.4. The predicted octanol–water partition coefficient (Wildman–Crippen LogP) is 4.82. The average Bonchev–Trinajstić information content (AvgIpc) is 2.92. The first-order chi connectivity index (χ1) is 10.2. The summed E-state index contributed by atoms with van der Waals surface area (Å²) in [6.07, 6.45) is 2.24. The highest BCUT2D eigenvalue weighted by atomic mass is 79.9. The molecule has 0 radical (unpaired) electrons. The number of benzene rings is 1. The van der Waals surface area contributed by atoms with Gasteiger partial charge in [0, 0.05) is 34.4 Å². The fraction of sp³-hybridized carbons (Fsp3) is 0.294. The third-order valence-corrected chi connectivity index (χ3v) is 4.59. The van der Waals surface area contributed by atoms with Gasteiger partial charge in [0.25, 0.3) is 0 Å². The normalized spacial score (nSPS) is 11.9. The van der Waals surface area contributed by atoms with Crippen molar-refractivity contribution in [3.05, 3.63) is 51.3 Å². The summed E-state index contributed by atoms with van der Waals surface area (Å²) < 4.78 is 6.13. The molecule has 0 spiro atoms. The van der Waals surface area contributed by atoms with Gasteiger partial charge in [-0.15, -0.1) is 11.3 Å². The number of hydrogen-bond donors (Lipinski definition) is 1. The predicted molar refractivity (Wildman–Crippen MR) is 95.9 cm³/mol. The number of hydrogen-bond acceptors (Lipinski definition) is 3.